The van der Waals surface area contributed by atoms with Crippen LogP contribution in [0.3, 0.4) is 0 Å². The Morgan fingerprint density at radius 1 is 1.25 bits per heavy atom. The van der Waals surface area contributed by atoms with E-state index in [9.17, 15) is 14.7 Å². The summed E-state index contributed by atoms with van der Waals surface area (Å²) in [7, 11) is 3.13. The molecule has 0 amide bonds. The lowest BCUT2D eigenvalue weighted by molar-refractivity contribution is -0.180. The molecule has 156 valence electrons. The van der Waals surface area contributed by atoms with Gasteiger partial charge in [0, 0.05) is 12.5 Å². The van der Waals surface area contributed by atoms with Crippen LogP contribution in [0.25, 0.3) is 0 Å². The molecule has 0 aliphatic heterocycles. The van der Waals surface area contributed by atoms with E-state index < -0.39 is 17.7 Å². The first-order valence-electron chi connectivity index (χ1n) is 10.2. The molecule has 0 radical (unpaired) electrons. The Hall–Kier alpha value is -1.92. The van der Waals surface area contributed by atoms with Gasteiger partial charge in [-0.1, -0.05) is 56.5 Å². The van der Waals surface area contributed by atoms with E-state index in [4.69, 9.17) is 9.47 Å². The summed E-state index contributed by atoms with van der Waals surface area (Å²) in [6, 6.07) is 9.10. The molecule has 0 bridgehead atoms. The van der Waals surface area contributed by atoms with Crippen molar-refractivity contribution in [3.05, 3.63) is 35.9 Å². The molecule has 6 nitrogen and oxygen atoms in total. The predicted octanol–water partition coefficient (Wildman–Crippen LogP) is 2.88. The van der Waals surface area contributed by atoms with Crippen molar-refractivity contribution in [1.29, 1.82) is 0 Å². The Morgan fingerprint density at radius 2 is 1.89 bits per heavy atom. The third-order valence-electron chi connectivity index (χ3n) is 5.50. The third kappa shape index (κ3) is 5.55. The van der Waals surface area contributed by atoms with E-state index in [2.05, 4.69) is 0 Å². The van der Waals surface area contributed by atoms with Crippen molar-refractivity contribution in [3.8, 4) is 0 Å². The number of benzene rings is 1. The summed E-state index contributed by atoms with van der Waals surface area (Å²) in [5, 5.41) is 11.5. The van der Waals surface area contributed by atoms with Crippen LogP contribution in [0.1, 0.15) is 51.0 Å². The SMILES string of the molecule is CCCC(CN(C)CC(=O)OC)OC(=O)[C@](O)(c1ccccc1)C1CCCC1. The number of likely N-dealkylation sites (N-methyl/N-ethyl adjacent to an activating group) is 1. The van der Waals surface area contributed by atoms with Crippen molar-refractivity contribution in [3.63, 3.8) is 0 Å². The second-order valence-corrected chi connectivity index (χ2v) is 7.70. The number of carbonyl (C=O) groups is 2. The van der Waals surface area contributed by atoms with Crippen LogP contribution < -0.4 is 0 Å². The highest BCUT2D eigenvalue weighted by atomic mass is 16.6. The van der Waals surface area contributed by atoms with Crippen molar-refractivity contribution in [2.45, 2.75) is 57.2 Å². The van der Waals surface area contributed by atoms with Gasteiger partial charge in [-0.05, 0) is 31.9 Å². The number of esters is 2. The Labute approximate surface area is 167 Å². The Balaban J connectivity index is 2.16. The van der Waals surface area contributed by atoms with Gasteiger partial charge in [0.25, 0.3) is 0 Å². The molecule has 0 heterocycles. The minimum Gasteiger partial charge on any atom is -0.468 e. The molecule has 0 spiro atoms. The van der Waals surface area contributed by atoms with Gasteiger partial charge in [-0.25, -0.2) is 4.79 Å². The molecule has 1 aliphatic carbocycles. The minimum absolute atomic E-state index is 0.125. The molecule has 1 aliphatic rings. The zero-order chi connectivity index (χ0) is 20.6. The zero-order valence-corrected chi connectivity index (χ0v) is 17.2. The predicted molar refractivity (Wildman–Crippen MR) is 107 cm³/mol. The highest BCUT2D eigenvalue weighted by Gasteiger charge is 2.48. The van der Waals surface area contributed by atoms with E-state index in [-0.39, 0.29) is 18.4 Å². The Kier molecular flexibility index (Phi) is 8.45. The zero-order valence-electron chi connectivity index (χ0n) is 17.2. The molecule has 1 fully saturated rings. The van der Waals surface area contributed by atoms with Crippen molar-refractivity contribution in [2.24, 2.45) is 5.92 Å². The molecule has 2 rings (SSSR count). The topological polar surface area (TPSA) is 76.1 Å². The average molecular weight is 392 g/mol. The number of aliphatic hydroxyl groups is 1. The maximum Gasteiger partial charge on any atom is 0.343 e. The first-order valence-corrected chi connectivity index (χ1v) is 10.2. The van der Waals surface area contributed by atoms with E-state index in [1.54, 1.807) is 24.1 Å². The van der Waals surface area contributed by atoms with Gasteiger partial charge >= 0.3 is 11.9 Å². The van der Waals surface area contributed by atoms with Crippen LogP contribution in [-0.4, -0.2) is 55.3 Å². The maximum absolute atomic E-state index is 13.2. The summed E-state index contributed by atoms with van der Waals surface area (Å²) in [6.07, 6.45) is 4.72. The van der Waals surface area contributed by atoms with Crippen LogP contribution in [0.5, 0.6) is 0 Å². The summed E-state index contributed by atoms with van der Waals surface area (Å²) in [5.41, 5.74) is -1.05. The molecule has 2 atom stereocenters. The van der Waals surface area contributed by atoms with Crippen LogP contribution in [0.2, 0.25) is 0 Å². The summed E-state index contributed by atoms with van der Waals surface area (Å²) in [6.45, 7) is 2.55. The fraction of sp³-hybridized carbons (Fsp3) is 0.636. The van der Waals surface area contributed by atoms with Gasteiger partial charge < -0.3 is 14.6 Å². The summed E-state index contributed by atoms with van der Waals surface area (Å²) in [5.74, 6) is -1.07. The fourth-order valence-electron chi connectivity index (χ4n) is 4.00. The van der Waals surface area contributed by atoms with Gasteiger partial charge in [-0.2, -0.15) is 0 Å². The second kappa shape index (κ2) is 10.6. The molecular weight excluding hydrogens is 358 g/mol. The van der Waals surface area contributed by atoms with Crippen LogP contribution in [0.4, 0.5) is 0 Å². The van der Waals surface area contributed by atoms with Crippen LogP contribution in [0.15, 0.2) is 30.3 Å². The van der Waals surface area contributed by atoms with E-state index in [0.29, 0.717) is 18.5 Å². The lowest BCUT2D eigenvalue weighted by Gasteiger charge is -2.34. The maximum atomic E-state index is 13.2. The number of carbonyl (C=O) groups excluding carboxylic acids is 2. The molecule has 1 unspecified atom stereocenters. The van der Waals surface area contributed by atoms with E-state index in [1.807, 2.05) is 25.1 Å². The van der Waals surface area contributed by atoms with E-state index in [1.165, 1.54) is 7.11 Å². The van der Waals surface area contributed by atoms with Crippen molar-refractivity contribution < 1.29 is 24.2 Å². The number of methoxy groups -OCH3 is 1. The quantitative estimate of drug-likeness (QED) is 0.618. The number of nitrogens with zero attached hydrogens (tertiary/aromatic N) is 1. The molecule has 1 aromatic rings. The van der Waals surface area contributed by atoms with Crippen molar-refractivity contribution >= 4 is 11.9 Å². The van der Waals surface area contributed by atoms with Gasteiger partial charge in [0.15, 0.2) is 5.60 Å². The van der Waals surface area contributed by atoms with Crippen LogP contribution in [-0.2, 0) is 24.7 Å². The second-order valence-electron chi connectivity index (χ2n) is 7.70. The Morgan fingerprint density at radius 3 is 2.46 bits per heavy atom. The third-order valence-corrected chi connectivity index (χ3v) is 5.50. The number of hydrogen-bond donors (Lipinski definition) is 1. The molecule has 28 heavy (non-hydrogen) atoms. The Bertz CT molecular complexity index is 629. The smallest absolute Gasteiger partial charge is 0.343 e. The molecule has 1 aromatic carbocycles. The number of ether oxygens (including phenoxy) is 2. The largest absolute Gasteiger partial charge is 0.468 e. The molecule has 0 aromatic heterocycles. The van der Waals surface area contributed by atoms with Gasteiger partial charge in [0.1, 0.15) is 6.10 Å². The molecular formula is C22H33NO5. The first kappa shape index (κ1) is 22.4. The number of hydrogen-bond acceptors (Lipinski definition) is 6. The highest BCUT2D eigenvalue weighted by Crippen LogP contribution is 2.41. The van der Waals surface area contributed by atoms with Gasteiger partial charge in [0.05, 0.1) is 13.7 Å². The molecule has 0 saturated heterocycles. The summed E-state index contributed by atoms with van der Waals surface area (Å²) >= 11 is 0. The van der Waals surface area contributed by atoms with Crippen molar-refractivity contribution in [2.75, 3.05) is 27.2 Å². The highest BCUT2D eigenvalue weighted by molar-refractivity contribution is 5.81. The van der Waals surface area contributed by atoms with Crippen LogP contribution in [0, 0.1) is 5.92 Å². The van der Waals surface area contributed by atoms with Gasteiger partial charge in [-0.3, -0.25) is 9.69 Å². The van der Waals surface area contributed by atoms with Gasteiger partial charge in [-0.15, -0.1) is 0 Å². The lowest BCUT2D eigenvalue weighted by atomic mass is 9.80. The number of rotatable bonds is 10. The minimum atomic E-state index is -1.63. The normalized spacial score (nSPS) is 17.9. The van der Waals surface area contributed by atoms with Gasteiger partial charge in [0.2, 0.25) is 0 Å². The van der Waals surface area contributed by atoms with E-state index in [0.717, 1.165) is 32.1 Å². The summed E-state index contributed by atoms with van der Waals surface area (Å²) in [4.78, 5) is 26.5. The fourth-order valence-corrected chi connectivity index (χ4v) is 4.00. The van der Waals surface area contributed by atoms with Crippen molar-refractivity contribution in [1.82, 2.24) is 4.90 Å². The first-order chi connectivity index (χ1) is 13.4. The molecule has 1 saturated carbocycles. The lowest BCUT2D eigenvalue weighted by Crippen LogP contribution is -2.46. The monoisotopic (exact) mass is 391 g/mol. The summed E-state index contributed by atoms with van der Waals surface area (Å²) < 4.78 is 10.5. The standard InChI is InChI=1S/C22H33NO5/c1-4-10-19(15-23(2)16-20(24)27-3)28-21(25)22(26,18-13-8-9-14-18)17-11-6-5-7-12-17/h5-7,11-12,18-19,26H,4,8-10,13-16H2,1-3H3/t19?,22-/m0/s1. The van der Waals surface area contributed by atoms with E-state index >= 15 is 0 Å². The molecule has 1 N–H and O–H groups in total. The van der Waals surface area contributed by atoms with Crippen LogP contribution >= 0.6 is 0 Å². The molecule has 6 heteroatoms. The average Bonchev–Trinajstić information content (AvgIpc) is 3.23.